The van der Waals surface area contributed by atoms with Crippen LogP contribution in [0.3, 0.4) is 0 Å². The molecule has 0 fully saturated rings. The van der Waals surface area contributed by atoms with E-state index in [0.717, 1.165) is 10.5 Å². The van der Waals surface area contributed by atoms with E-state index in [4.69, 9.17) is 5.41 Å². The summed E-state index contributed by atoms with van der Waals surface area (Å²) in [6, 6.07) is 7.87. The Labute approximate surface area is 103 Å². The van der Waals surface area contributed by atoms with Gasteiger partial charge in [-0.05, 0) is 18.6 Å². The minimum absolute atomic E-state index is 0.843. The number of allylic oxidation sites excluding steroid dienone is 3. The highest BCUT2D eigenvalue weighted by Crippen LogP contribution is 1.99. The summed E-state index contributed by atoms with van der Waals surface area (Å²) in [5.74, 6) is 0. The molecule has 1 aromatic rings. The van der Waals surface area contributed by atoms with Crippen LogP contribution in [0.25, 0.3) is 0 Å². The van der Waals surface area contributed by atoms with Gasteiger partial charge >= 0.3 is 0 Å². The summed E-state index contributed by atoms with van der Waals surface area (Å²) in [6.45, 7) is 9.00. The Morgan fingerprint density at radius 2 is 1.81 bits per heavy atom. The fourth-order valence-electron chi connectivity index (χ4n) is 0.851. The van der Waals surface area contributed by atoms with Crippen LogP contribution in [0.5, 0.6) is 0 Å². The third kappa shape index (κ3) is 6.85. The molecule has 0 saturated carbocycles. The van der Waals surface area contributed by atoms with Crippen molar-refractivity contribution in [1.29, 1.82) is 5.41 Å². The lowest BCUT2D eigenvalue weighted by Gasteiger charge is -1.90. The average molecular weight is 231 g/mol. The van der Waals surface area contributed by atoms with E-state index in [9.17, 15) is 0 Å². The van der Waals surface area contributed by atoms with Gasteiger partial charge in [-0.1, -0.05) is 55.1 Å². The normalized spacial score (nSPS) is 9.75. The van der Waals surface area contributed by atoms with E-state index in [1.165, 1.54) is 11.8 Å². The van der Waals surface area contributed by atoms with Crippen molar-refractivity contribution in [3.63, 3.8) is 0 Å². The van der Waals surface area contributed by atoms with Gasteiger partial charge < -0.3 is 5.41 Å². The van der Waals surface area contributed by atoms with E-state index in [1.54, 1.807) is 18.2 Å². The average Bonchev–Trinajstić information content (AvgIpc) is 2.31. The summed E-state index contributed by atoms with van der Waals surface area (Å²) in [6.07, 6.45) is 6.45. The fourth-order valence-corrected chi connectivity index (χ4v) is 0.957. The molecule has 0 radical (unpaired) electrons. The van der Waals surface area contributed by atoms with Gasteiger partial charge in [-0.15, -0.1) is 12.6 Å². The second kappa shape index (κ2) is 8.74. The first-order valence-corrected chi connectivity index (χ1v) is 5.30. The second-order valence-electron chi connectivity index (χ2n) is 3.09. The van der Waals surface area contributed by atoms with Crippen molar-refractivity contribution in [2.75, 3.05) is 0 Å². The first kappa shape index (κ1) is 14.5. The highest BCUT2D eigenvalue weighted by atomic mass is 32.1. The van der Waals surface area contributed by atoms with E-state index in [1.807, 2.05) is 31.2 Å². The Morgan fingerprint density at radius 3 is 2.12 bits per heavy atom. The maximum absolute atomic E-state index is 6.89. The Kier molecular flexibility index (Phi) is 7.90. The smallest absolute Gasteiger partial charge is 0.0250 e. The van der Waals surface area contributed by atoms with Crippen molar-refractivity contribution >= 4 is 18.8 Å². The first-order valence-electron chi connectivity index (χ1n) is 4.85. The number of nitrogens with one attached hydrogen (secondary N) is 1. The largest absolute Gasteiger partial charge is 0.308 e. The zero-order chi connectivity index (χ0) is 12.4. The number of aryl methyl sites for hydroxylation is 1. The molecule has 0 amide bonds. The van der Waals surface area contributed by atoms with Crippen LogP contribution < -0.4 is 0 Å². The topological polar surface area (TPSA) is 23.9 Å². The second-order valence-corrected chi connectivity index (χ2v) is 3.60. The summed E-state index contributed by atoms with van der Waals surface area (Å²) in [5, 5.41) is 6.89. The molecule has 0 atom stereocenters. The molecule has 16 heavy (non-hydrogen) atoms. The number of benzene rings is 1. The predicted octanol–water partition coefficient (Wildman–Crippen LogP) is 4.16. The van der Waals surface area contributed by atoms with Crippen molar-refractivity contribution in [2.24, 2.45) is 0 Å². The van der Waals surface area contributed by atoms with Gasteiger partial charge in [-0.2, -0.15) is 0 Å². The van der Waals surface area contributed by atoms with Crippen LogP contribution in [0.1, 0.15) is 11.1 Å². The molecular weight excluding hydrogens is 214 g/mol. The lowest BCUT2D eigenvalue weighted by molar-refractivity contribution is 1.45. The molecule has 0 aliphatic heterocycles. The Hall–Kier alpha value is -1.54. The van der Waals surface area contributed by atoms with Gasteiger partial charge in [0.1, 0.15) is 0 Å². The molecule has 0 aliphatic rings. The number of thiol groups is 1. The van der Waals surface area contributed by atoms with E-state index in [-0.39, 0.29) is 0 Å². The summed E-state index contributed by atoms with van der Waals surface area (Å²) in [5.41, 5.74) is 2.20. The molecule has 0 bridgehead atoms. The van der Waals surface area contributed by atoms with Gasteiger partial charge in [-0.3, -0.25) is 0 Å². The van der Waals surface area contributed by atoms with Crippen LogP contribution in [0.15, 0.2) is 60.6 Å². The minimum Gasteiger partial charge on any atom is -0.308 e. The van der Waals surface area contributed by atoms with Crippen molar-refractivity contribution < 1.29 is 0 Å². The molecule has 0 unspecified atom stereocenters. The summed E-state index contributed by atoms with van der Waals surface area (Å²) < 4.78 is 0. The number of rotatable bonds is 3. The van der Waals surface area contributed by atoms with Crippen molar-refractivity contribution in [3.8, 4) is 0 Å². The molecule has 0 aromatic heterocycles. The zero-order valence-electron chi connectivity index (χ0n) is 9.48. The molecule has 1 N–H and O–H groups in total. The van der Waals surface area contributed by atoms with Gasteiger partial charge in [0.2, 0.25) is 0 Å². The van der Waals surface area contributed by atoms with Crippen LogP contribution in [0, 0.1) is 12.3 Å². The van der Waals surface area contributed by atoms with Crippen LogP contribution in [0.4, 0.5) is 0 Å². The highest BCUT2D eigenvalue weighted by Gasteiger charge is 1.83. The van der Waals surface area contributed by atoms with Crippen LogP contribution >= 0.6 is 12.6 Å². The monoisotopic (exact) mass is 231 g/mol. The van der Waals surface area contributed by atoms with E-state index in [0.29, 0.717) is 0 Å². The van der Waals surface area contributed by atoms with E-state index < -0.39 is 0 Å². The van der Waals surface area contributed by atoms with Gasteiger partial charge in [0.15, 0.2) is 0 Å². The third-order valence-corrected chi connectivity index (χ3v) is 2.07. The Morgan fingerprint density at radius 1 is 1.25 bits per heavy atom. The van der Waals surface area contributed by atoms with Crippen molar-refractivity contribution in [1.82, 2.24) is 0 Å². The van der Waals surface area contributed by atoms with Gasteiger partial charge in [-0.25, -0.2) is 0 Å². The standard InChI is InChI=1S/C8H9N.C6H8S/c1-7-2-4-8(6-9)5-3-7;1-3-5-6(7)4-2/h2-6,9H,1H3;3-5,7H,1-2H2/b;6-5+. The molecular formula is C14H17NS. The maximum atomic E-state index is 6.89. The van der Waals surface area contributed by atoms with Gasteiger partial charge in [0.05, 0.1) is 0 Å². The van der Waals surface area contributed by atoms with Crippen LogP contribution in [0.2, 0.25) is 0 Å². The summed E-state index contributed by atoms with van der Waals surface area (Å²) >= 11 is 3.98. The Balaban J connectivity index is 0.000000293. The van der Waals surface area contributed by atoms with E-state index in [2.05, 4.69) is 25.8 Å². The molecule has 1 nitrogen and oxygen atoms in total. The molecule has 0 saturated heterocycles. The van der Waals surface area contributed by atoms with Crippen LogP contribution in [-0.4, -0.2) is 6.21 Å². The van der Waals surface area contributed by atoms with Crippen LogP contribution in [-0.2, 0) is 0 Å². The zero-order valence-corrected chi connectivity index (χ0v) is 10.4. The summed E-state index contributed by atoms with van der Waals surface area (Å²) in [4.78, 5) is 0.843. The molecule has 0 aliphatic carbocycles. The fraction of sp³-hybridized carbons (Fsp3) is 0.0714. The number of hydrogen-bond acceptors (Lipinski definition) is 2. The van der Waals surface area contributed by atoms with Gasteiger partial charge in [0.25, 0.3) is 0 Å². The molecule has 1 rings (SSSR count). The molecule has 2 heteroatoms. The first-order chi connectivity index (χ1) is 7.63. The summed E-state index contributed by atoms with van der Waals surface area (Å²) in [7, 11) is 0. The SMILES string of the molecule is C=C/C=C(/S)C=C.Cc1ccc(C=N)cc1. The van der Waals surface area contributed by atoms with E-state index >= 15 is 0 Å². The quantitative estimate of drug-likeness (QED) is 0.443. The lowest BCUT2D eigenvalue weighted by atomic mass is 10.2. The maximum Gasteiger partial charge on any atom is 0.0250 e. The highest BCUT2D eigenvalue weighted by molar-refractivity contribution is 7.84. The lowest BCUT2D eigenvalue weighted by Crippen LogP contribution is -1.77. The number of hydrogen-bond donors (Lipinski definition) is 2. The van der Waals surface area contributed by atoms with Crippen molar-refractivity contribution in [3.05, 3.63) is 71.7 Å². The minimum atomic E-state index is 0.843. The molecule has 0 heterocycles. The van der Waals surface area contributed by atoms with Gasteiger partial charge in [0, 0.05) is 11.1 Å². The molecule has 0 spiro atoms. The Bertz CT molecular complexity index is 374. The van der Waals surface area contributed by atoms with Crippen molar-refractivity contribution in [2.45, 2.75) is 6.92 Å². The third-order valence-electron chi connectivity index (χ3n) is 1.74. The molecule has 84 valence electrons. The predicted molar refractivity (Wildman–Crippen MR) is 76.5 cm³/mol. The molecule has 1 aromatic carbocycles.